The molecule has 8 nitrogen and oxygen atoms in total. The van der Waals surface area contributed by atoms with Crippen molar-refractivity contribution in [3.05, 3.63) is 38.4 Å². The number of non-ortho nitro benzene ring substituents is 1. The Bertz CT molecular complexity index is 499. The molecule has 1 aromatic rings. The first-order chi connectivity index (χ1) is 9.08. The van der Waals surface area contributed by atoms with Crippen LogP contribution in [0.1, 0.15) is 12.8 Å². The summed E-state index contributed by atoms with van der Waals surface area (Å²) in [6.45, 7) is 1.72. The number of nitro groups is 2. The van der Waals surface area contributed by atoms with Crippen molar-refractivity contribution in [3.8, 4) is 0 Å². The zero-order valence-corrected chi connectivity index (χ0v) is 10.2. The van der Waals surface area contributed by atoms with Crippen molar-refractivity contribution in [1.29, 1.82) is 0 Å². The molecule has 1 fully saturated rings. The molecule has 0 amide bonds. The van der Waals surface area contributed by atoms with Gasteiger partial charge in [-0.25, -0.2) is 0 Å². The van der Waals surface area contributed by atoms with Crippen molar-refractivity contribution >= 4 is 17.1 Å². The Kier molecular flexibility index (Phi) is 3.91. The van der Waals surface area contributed by atoms with E-state index >= 15 is 0 Å². The van der Waals surface area contributed by atoms with Crippen LogP contribution in [0.5, 0.6) is 0 Å². The van der Waals surface area contributed by atoms with E-state index in [9.17, 15) is 20.2 Å². The van der Waals surface area contributed by atoms with Crippen LogP contribution >= 0.6 is 0 Å². The maximum Gasteiger partial charge on any atom is 0.299 e. The molecule has 0 spiro atoms. The highest BCUT2D eigenvalue weighted by Crippen LogP contribution is 2.30. The van der Waals surface area contributed by atoms with E-state index in [0.29, 0.717) is 5.69 Å². The Morgan fingerprint density at radius 2 is 1.84 bits per heavy atom. The molecule has 0 radical (unpaired) electrons. The topological polar surface area (TPSA) is 110 Å². The third kappa shape index (κ3) is 3.16. The smallest absolute Gasteiger partial charge is 0.299 e. The lowest BCUT2D eigenvalue weighted by molar-refractivity contribution is -0.393. The summed E-state index contributed by atoms with van der Waals surface area (Å²) >= 11 is 0. The normalized spacial score (nSPS) is 16.0. The molecule has 1 heterocycles. The Labute approximate surface area is 109 Å². The second-order valence-electron chi connectivity index (χ2n) is 4.38. The van der Waals surface area contributed by atoms with Crippen LogP contribution in [0.2, 0.25) is 0 Å². The minimum absolute atomic E-state index is 0.154. The van der Waals surface area contributed by atoms with Gasteiger partial charge >= 0.3 is 0 Å². The zero-order chi connectivity index (χ0) is 13.8. The fourth-order valence-electron chi connectivity index (χ4n) is 2.09. The van der Waals surface area contributed by atoms with E-state index in [1.165, 1.54) is 12.1 Å². The summed E-state index contributed by atoms with van der Waals surface area (Å²) in [4.78, 5) is 20.4. The standard InChI is InChI=1S/C11H14N4O4/c16-14(17)9-1-2-10(11(7-9)15(18)19)13-8-3-5-12-6-4-8/h1-2,7-8,12-13H,3-6H2. The summed E-state index contributed by atoms with van der Waals surface area (Å²) in [7, 11) is 0. The first kappa shape index (κ1) is 13.2. The van der Waals surface area contributed by atoms with Crippen LogP contribution in [0.25, 0.3) is 0 Å². The average molecular weight is 266 g/mol. The molecule has 1 saturated heterocycles. The summed E-state index contributed by atoms with van der Waals surface area (Å²) in [6, 6.07) is 3.82. The number of benzene rings is 1. The summed E-state index contributed by atoms with van der Waals surface area (Å²) in [5.41, 5.74) is -0.196. The van der Waals surface area contributed by atoms with Gasteiger partial charge in [0.2, 0.25) is 0 Å². The fraction of sp³-hybridized carbons (Fsp3) is 0.455. The Hall–Kier alpha value is -2.22. The fourth-order valence-corrected chi connectivity index (χ4v) is 2.09. The van der Waals surface area contributed by atoms with E-state index < -0.39 is 9.85 Å². The number of hydrogen-bond donors (Lipinski definition) is 2. The van der Waals surface area contributed by atoms with E-state index in [1.54, 1.807) is 0 Å². The number of piperidine rings is 1. The number of nitrogens with one attached hydrogen (secondary N) is 2. The average Bonchev–Trinajstić information content (AvgIpc) is 2.39. The van der Waals surface area contributed by atoms with Crippen molar-refractivity contribution in [2.75, 3.05) is 18.4 Å². The maximum atomic E-state index is 11.0. The van der Waals surface area contributed by atoms with Crippen LogP contribution < -0.4 is 10.6 Å². The predicted molar refractivity (Wildman–Crippen MR) is 69.3 cm³/mol. The highest BCUT2D eigenvalue weighted by Gasteiger charge is 2.22. The van der Waals surface area contributed by atoms with Gasteiger partial charge in [0, 0.05) is 12.1 Å². The van der Waals surface area contributed by atoms with E-state index in [0.717, 1.165) is 32.0 Å². The monoisotopic (exact) mass is 266 g/mol. The molecule has 8 heteroatoms. The zero-order valence-electron chi connectivity index (χ0n) is 10.2. The van der Waals surface area contributed by atoms with Crippen molar-refractivity contribution < 1.29 is 9.85 Å². The van der Waals surface area contributed by atoms with Gasteiger partial charge in [-0.2, -0.15) is 0 Å². The number of rotatable bonds is 4. The third-order valence-electron chi connectivity index (χ3n) is 3.09. The van der Waals surface area contributed by atoms with E-state index in [2.05, 4.69) is 10.6 Å². The van der Waals surface area contributed by atoms with Crippen LogP contribution in [-0.2, 0) is 0 Å². The van der Waals surface area contributed by atoms with E-state index in [-0.39, 0.29) is 17.4 Å². The van der Waals surface area contributed by atoms with Gasteiger partial charge < -0.3 is 10.6 Å². The number of hydrogen-bond acceptors (Lipinski definition) is 6. The molecule has 19 heavy (non-hydrogen) atoms. The minimum atomic E-state index is -0.638. The molecular weight excluding hydrogens is 252 g/mol. The van der Waals surface area contributed by atoms with Gasteiger partial charge in [0.05, 0.1) is 15.9 Å². The van der Waals surface area contributed by atoms with E-state index in [1.807, 2.05) is 0 Å². The maximum absolute atomic E-state index is 11.0. The van der Waals surface area contributed by atoms with Crippen LogP contribution in [-0.4, -0.2) is 29.0 Å². The van der Waals surface area contributed by atoms with Crippen LogP contribution in [0.4, 0.5) is 17.1 Å². The van der Waals surface area contributed by atoms with Crippen molar-refractivity contribution in [3.63, 3.8) is 0 Å². The summed E-state index contributed by atoms with van der Waals surface area (Å²) in [5.74, 6) is 0. The molecule has 0 atom stereocenters. The van der Waals surface area contributed by atoms with Gasteiger partial charge in [-0.05, 0) is 32.0 Å². The second-order valence-corrected chi connectivity index (χ2v) is 4.38. The molecule has 0 aromatic heterocycles. The van der Waals surface area contributed by atoms with Crippen LogP contribution in [0, 0.1) is 20.2 Å². The first-order valence-corrected chi connectivity index (χ1v) is 5.98. The lowest BCUT2D eigenvalue weighted by Crippen LogP contribution is -2.35. The van der Waals surface area contributed by atoms with Gasteiger partial charge in [-0.1, -0.05) is 0 Å². The predicted octanol–water partition coefficient (Wildman–Crippen LogP) is 1.67. The third-order valence-corrected chi connectivity index (χ3v) is 3.09. The van der Waals surface area contributed by atoms with Crippen molar-refractivity contribution in [1.82, 2.24) is 5.32 Å². The summed E-state index contributed by atoms with van der Waals surface area (Å²) < 4.78 is 0. The Morgan fingerprint density at radius 1 is 1.16 bits per heavy atom. The molecule has 0 saturated carbocycles. The van der Waals surface area contributed by atoms with Crippen molar-refractivity contribution in [2.24, 2.45) is 0 Å². The summed E-state index contributed by atoms with van der Waals surface area (Å²) in [6.07, 6.45) is 1.74. The first-order valence-electron chi connectivity index (χ1n) is 5.98. The second kappa shape index (κ2) is 5.61. The van der Waals surface area contributed by atoms with Gasteiger partial charge in [-0.15, -0.1) is 0 Å². The quantitative estimate of drug-likeness (QED) is 0.633. The molecule has 102 valence electrons. The van der Waals surface area contributed by atoms with Gasteiger partial charge in [0.15, 0.2) is 0 Å². The molecule has 1 aromatic carbocycles. The largest absolute Gasteiger partial charge is 0.377 e. The number of nitro benzene ring substituents is 2. The molecule has 1 aliphatic rings. The number of nitrogens with zero attached hydrogens (tertiary/aromatic N) is 2. The molecule has 0 bridgehead atoms. The highest BCUT2D eigenvalue weighted by atomic mass is 16.6. The van der Waals surface area contributed by atoms with Crippen LogP contribution in [0.15, 0.2) is 18.2 Å². The molecule has 0 aliphatic carbocycles. The Balaban J connectivity index is 2.23. The SMILES string of the molecule is O=[N+]([O-])c1ccc(NC2CCNCC2)c([N+](=O)[O-])c1. The molecular formula is C11H14N4O4. The van der Waals surface area contributed by atoms with Gasteiger partial charge in [0.1, 0.15) is 5.69 Å². The van der Waals surface area contributed by atoms with E-state index in [4.69, 9.17) is 0 Å². The van der Waals surface area contributed by atoms with Crippen molar-refractivity contribution in [2.45, 2.75) is 18.9 Å². The van der Waals surface area contributed by atoms with Gasteiger partial charge in [0.25, 0.3) is 11.4 Å². The highest BCUT2D eigenvalue weighted by molar-refractivity contribution is 5.65. The Morgan fingerprint density at radius 3 is 2.42 bits per heavy atom. The van der Waals surface area contributed by atoms with Crippen LogP contribution in [0.3, 0.4) is 0 Å². The van der Waals surface area contributed by atoms with Gasteiger partial charge in [-0.3, -0.25) is 20.2 Å². The minimum Gasteiger partial charge on any atom is -0.377 e. The lowest BCUT2D eigenvalue weighted by Gasteiger charge is -2.24. The summed E-state index contributed by atoms with van der Waals surface area (Å²) in [5, 5.41) is 27.9. The lowest BCUT2D eigenvalue weighted by atomic mass is 10.1. The molecule has 0 unspecified atom stereocenters. The molecule has 2 N–H and O–H groups in total. The molecule has 1 aliphatic heterocycles. The number of anilines is 1. The molecule has 2 rings (SSSR count).